The highest BCUT2D eigenvalue weighted by Gasteiger charge is 2.29. The Morgan fingerprint density at radius 1 is 1.11 bits per heavy atom. The number of hydrogen-bond acceptors (Lipinski definition) is 6. The molecule has 35 heavy (non-hydrogen) atoms. The normalized spacial score (nSPS) is 14.7. The van der Waals surface area contributed by atoms with Crippen molar-refractivity contribution in [2.24, 2.45) is 11.7 Å². The number of ether oxygens (including phenoxy) is 1. The van der Waals surface area contributed by atoms with Gasteiger partial charge in [0.15, 0.2) is 0 Å². The molecule has 1 saturated carbocycles. The first-order chi connectivity index (χ1) is 17.0. The monoisotopic (exact) mass is 476 g/mol. The van der Waals surface area contributed by atoms with Gasteiger partial charge in [-0.05, 0) is 49.8 Å². The molecule has 3 heterocycles. The van der Waals surface area contributed by atoms with Crippen LogP contribution in [-0.2, 0) is 22.6 Å². The van der Waals surface area contributed by atoms with Crippen molar-refractivity contribution in [2.75, 3.05) is 6.61 Å². The number of imidazole rings is 2. The van der Waals surface area contributed by atoms with E-state index in [0.29, 0.717) is 26.1 Å². The summed E-state index contributed by atoms with van der Waals surface area (Å²) in [7, 11) is 0. The van der Waals surface area contributed by atoms with E-state index < -0.39 is 6.04 Å². The number of nitrogens with two attached hydrogens (primary N) is 1. The lowest BCUT2D eigenvalue weighted by Crippen LogP contribution is -2.37. The van der Waals surface area contributed by atoms with E-state index in [1.807, 2.05) is 48.7 Å². The van der Waals surface area contributed by atoms with E-state index in [4.69, 9.17) is 15.5 Å². The minimum atomic E-state index is -0.593. The van der Waals surface area contributed by atoms with Gasteiger partial charge in [-0.2, -0.15) is 0 Å². The van der Waals surface area contributed by atoms with Crippen LogP contribution in [0.5, 0.6) is 0 Å². The number of hydrogen-bond donors (Lipinski definition) is 1. The van der Waals surface area contributed by atoms with E-state index in [9.17, 15) is 9.59 Å². The van der Waals surface area contributed by atoms with Crippen LogP contribution in [0, 0.1) is 5.92 Å². The highest BCUT2D eigenvalue weighted by molar-refractivity contribution is 5.77. The average molecular weight is 477 g/mol. The van der Waals surface area contributed by atoms with Crippen molar-refractivity contribution >= 4 is 28.0 Å². The van der Waals surface area contributed by atoms with E-state index in [2.05, 4.69) is 9.55 Å². The van der Waals surface area contributed by atoms with Crippen molar-refractivity contribution in [1.82, 2.24) is 23.7 Å². The zero-order valence-corrected chi connectivity index (χ0v) is 20.3. The topological polar surface area (TPSA) is 110 Å². The lowest BCUT2D eigenvalue weighted by Gasteiger charge is -2.14. The summed E-state index contributed by atoms with van der Waals surface area (Å²) < 4.78 is 11.2. The summed E-state index contributed by atoms with van der Waals surface area (Å²) in [6.07, 6.45) is 7.09. The molecule has 1 aliphatic rings. The number of benzene rings is 1. The summed E-state index contributed by atoms with van der Waals surface area (Å²) in [6.45, 7) is 5.22. The molecule has 2 N–H and O–H groups in total. The van der Waals surface area contributed by atoms with Crippen molar-refractivity contribution in [2.45, 2.75) is 64.7 Å². The highest BCUT2D eigenvalue weighted by atomic mass is 16.5. The second kappa shape index (κ2) is 9.65. The van der Waals surface area contributed by atoms with Gasteiger partial charge >= 0.3 is 11.7 Å². The summed E-state index contributed by atoms with van der Waals surface area (Å²) in [5, 5.41) is 0. The van der Waals surface area contributed by atoms with Crippen LogP contribution in [0.15, 0.2) is 47.5 Å². The molecular weight excluding hydrogens is 444 g/mol. The molecule has 9 nitrogen and oxygen atoms in total. The zero-order chi connectivity index (χ0) is 24.5. The molecule has 1 aromatic carbocycles. The molecule has 0 saturated heterocycles. The summed E-state index contributed by atoms with van der Waals surface area (Å²) in [5.74, 6) is 0.520. The molecule has 5 rings (SSSR count). The van der Waals surface area contributed by atoms with E-state index in [0.717, 1.165) is 47.2 Å². The number of esters is 1. The molecule has 184 valence electrons. The second-order valence-corrected chi connectivity index (χ2v) is 9.65. The van der Waals surface area contributed by atoms with E-state index >= 15 is 0 Å². The molecular formula is C26H32N6O3. The Balaban J connectivity index is 1.36. The molecule has 1 aliphatic carbocycles. The minimum Gasteiger partial charge on any atom is -0.465 e. The molecule has 4 aromatic rings. The minimum absolute atomic E-state index is 0.0116. The van der Waals surface area contributed by atoms with Crippen LogP contribution in [-0.4, -0.2) is 42.3 Å². The first-order valence-corrected chi connectivity index (χ1v) is 12.4. The fourth-order valence-electron chi connectivity index (χ4n) is 4.52. The van der Waals surface area contributed by atoms with Gasteiger partial charge in [0.05, 0.1) is 41.4 Å². The van der Waals surface area contributed by atoms with Crippen molar-refractivity contribution < 1.29 is 9.53 Å². The molecule has 0 spiro atoms. The lowest BCUT2D eigenvalue weighted by molar-refractivity contribution is -0.146. The highest BCUT2D eigenvalue weighted by Crippen LogP contribution is 2.36. The van der Waals surface area contributed by atoms with Crippen LogP contribution in [0.25, 0.3) is 22.1 Å². The van der Waals surface area contributed by atoms with Crippen LogP contribution in [0.2, 0.25) is 0 Å². The predicted molar refractivity (Wildman–Crippen MR) is 134 cm³/mol. The predicted octanol–water partition coefficient (Wildman–Crippen LogP) is 3.24. The van der Waals surface area contributed by atoms with Gasteiger partial charge in [0.2, 0.25) is 0 Å². The molecule has 1 atom stereocenters. The van der Waals surface area contributed by atoms with Crippen molar-refractivity contribution in [1.29, 1.82) is 0 Å². The van der Waals surface area contributed by atoms with Gasteiger partial charge in [-0.15, -0.1) is 0 Å². The Morgan fingerprint density at radius 3 is 2.69 bits per heavy atom. The Morgan fingerprint density at radius 2 is 1.91 bits per heavy atom. The van der Waals surface area contributed by atoms with E-state index in [1.54, 1.807) is 17.0 Å². The number of aryl methyl sites for hydroxylation is 1. The quantitative estimate of drug-likeness (QED) is 0.278. The van der Waals surface area contributed by atoms with Gasteiger partial charge in [-0.3, -0.25) is 18.9 Å². The number of unbranched alkanes of at least 4 members (excludes halogenated alkanes) is 1. The van der Waals surface area contributed by atoms with Gasteiger partial charge in [0, 0.05) is 18.8 Å². The van der Waals surface area contributed by atoms with Crippen LogP contribution < -0.4 is 11.4 Å². The van der Waals surface area contributed by atoms with Crippen LogP contribution in [0.4, 0.5) is 0 Å². The third-order valence-electron chi connectivity index (χ3n) is 6.72. The third-order valence-corrected chi connectivity index (χ3v) is 6.72. The maximum absolute atomic E-state index is 13.4. The van der Waals surface area contributed by atoms with Crippen molar-refractivity contribution in [3.63, 3.8) is 0 Å². The van der Waals surface area contributed by atoms with E-state index in [1.165, 1.54) is 0 Å². The van der Waals surface area contributed by atoms with Gasteiger partial charge in [0.1, 0.15) is 11.9 Å². The molecule has 0 bridgehead atoms. The van der Waals surface area contributed by atoms with Gasteiger partial charge < -0.3 is 15.0 Å². The average Bonchev–Trinajstić information content (AvgIpc) is 3.57. The first-order valence-electron chi connectivity index (χ1n) is 12.4. The van der Waals surface area contributed by atoms with Gasteiger partial charge in [-0.25, -0.2) is 9.78 Å². The van der Waals surface area contributed by atoms with Crippen LogP contribution >= 0.6 is 0 Å². The molecule has 0 radical (unpaired) electrons. The number of para-hydroxylation sites is 2. The number of aromatic nitrogens is 5. The Bertz CT molecular complexity index is 1410. The number of carbonyl (C=O) groups is 1. The zero-order valence-electron chi connectivity index (χ0n) is 20.3. The SMILES string of the molecule is CC(C)[C@H](N)C(=O)OCCCCn1c(Cn2c(=O)n(C3CC3)c3ccncc32)nc2ccccc21. The number of pyridine rings is 1. The lowest BCUT2D eigenvalue weighted by atomic mass is 10.1. The summed E-state index contributed by atoms with van der Waals surface area (Å²) in [5.41, 5.74) is 9.53. The largest absolute Gasteiger partial charge is 0.465 e. The van der Waals surface area contributed by atoms with Crippen LogP contribution in [0.3, 0.4) is 0 Å². The van der Waals surface area contributed by atoms with Gasteiger partial charge in [-0.1, -0.05) is 26.0 Å². The first kappa shape index (κ1) is 23.3. The van der Waals surface area contributed by atoms with Crippen molar-refractivity contribution in [3.8, 4) is 0 Å². The van der Waals surface area contributed by atoms with Crippen molar-refractivity contribution in [3.05, 3.63) is 59.0 Å². The number of fused-ring (bicyclic) bond motifs is 2. The molecule has 3 aromatic heterocycles. The smallest absolute Gasteiger partial charge is 0.329 e. The Labute approximate surface area is 203 Å². The van der Waals surface area contributed by atoms with E-state index in [-0.39, 0.29) is 23.6 Å². The fraction of sp³-hybridized carbons (Fsp3) is 0.462. The fourth-order valence-corrected chi connectivity index (χ4v) is 4.52. The maximum atomic E-state index is 13.4. The maximum Gasteiger partial charge on any atom is 0.329 e. The molecule has 1 fully saturated rings. The Kier molecular flexibility index (Phi) is 6.42. The number of nitrogens with zero attached hydrogens (tertiary/aromatic N) is 5. The standard InChI is InChI=1S/C26H32N6O3/c1-17(2)24(27)25(33)35-14-6-5-13-30-20-8-4-3-7-19(20)29-23(30)16-31-22-15-28-12-11-21(22)32(26(31)34)18-9-10-18/h3-4,7-8,11-12,15,17-18,24H,5-6,9-10,13-14,16,27H2,1-2H3/t24-/m0/s1. The van der Waals surface area contributed by atoms with Gasteiger partial charge in [0.25, 0.3) is 0 Å². The second-order valence-electron chi connectivity index (χ2n) is 9.65. The third kappa shape index (κ3) is 4.60. The van der Waals surface area contributed by atoms with Crippen LogP contribution in [0.1, 0.15) is 51.4 Å². The molecule has 0 amide bonds. The summed E-state index contributed by atoms with van der Waals surface area (Å²) in [4.78, 5) is 34.5. The number of carbonyl (C=O) groups excluding carboxylic acids is 1. The molecule has 9 heteroatoms. The summed E-state index contributed by atoms with van der Waals surface area (Å²) >= 11 is 0. The summed E-state index contributed by atoms with van der Waals surface area (Å²) in [6, 6.07) is 9.60. The molecule has 0 unspecified atom stereocenters. The Hall–Kier alpha value is -3.46. The molecule has 0 aliphatic heterocycles. The number of rotatable bonds is 10.